The van der Waals surface area contributed by atoms with E-state index in [1.165, 1.54) is 11.8 Å². The molecule has 0 radical (unpaired) electrons. The van der Waals surface area contributed by atoms with Gasteiger partial charge in [0.2, 0.25) is 15.9 Å². The predicted octanol–water partition coefficient (Wildman–Crippen LogP) is 2.06. The SMILES string of the molecule is CS(=O)(=O)N[C@H]1CCCN2C(=O)CNc3ccccc3C3CCC(CC3)OCC12. The van der Waals surface area contributed by atoms with Crippen molar-refractivity contribution in [3.05, 3.63) is 29.8 Å². The zero-order valence-corrected chi connectivity index (χ0v) is 17.8. The molecule has 3 aliphatic heterocycles. The van der Waals surface area contributed by atoms with Gasteiger partial charge >= 0.3 is 0 Å². The van der Waals surface area contributed by atoms with Crippen LogP contribution in [0.1, 0.15) is 50.0 Å². The second-order valence-electron chi connectivity index (χ2n) is 8.54. The van der Waals surface area contributed by atoms with E-state index in [1.807, 2.05) is 17.0 Å². The number of hydrogen-bond donors (Lipinski definition) is 2. The van der Waals surface area contributed by atoms with E-state index in [0.29, 0.717) is 25.5 Å². The molecule has 160 valence electrons. The summed E-state index contributed by atoms with van der Waals surface area (Å²) >= 11 is 0. The number of nitrogens with one attached hydrogen (secondary N) is 2. The Morgan fingerprint density at radius 2 is 1.90 bits per heavy atom. The van der Waals surface area contributed by atoms with Crippen LogP contribution >= 0.6 is 0 Å². The second-order valence-corrected chi connectivity index (χ2v) is 10.3. The number of piperidine rings is 1. The highest BCUT2D eigenvalue weighted by Gasteiger charge is 2.37. The molecule has 29 heavy (non-hydrogen) atoms. The monoisotopic (exact) mass is 421 g/mol. The minimum Gasteiger partial charge on any atom is -0.376 e. The molecule has 1 saturated carbocycles. The molecule has 2 fully saturated rings. The maximum absolute atomic E-state index is 13.1. The average molecular weight is 422 g/mol. The zero-order valence-electron chi connectivity index (χ0n) is 17.0. The Labute approximate surface area is 173 Å². The smallest absolute Gasteiger partial charge is 0.242 e. The highest BCUT2D eigenvalue weighted by atomic mass is 32.2. The maximum atomic E-state index is 13.1. The molecule has 1 aromatic rings. The molecule has 1 unspecified atom stereocenters. The number of hydrogen-bond acceptors (Lipinski definition) is 5. The molecule has 0 aromatic heterocycles. The number of anilines is 1. The molecule has 4 aliphatic rings. The van der Waals surface area contributed by atoms with Gasteiger partial charge in [-0.2, -0.15) is 0 Å². The largest absolute Gasteiger partial charge is 0.376 e. The van der Waals surface area contributed by atoms with E-state index in [1.54, 1.807) is 0 Å². The third-order valence-corrected chi connectivity index (χ3v) is 7.20. The maximum Gasteiger partial charge on any atom is 0.242 e. The van der Waals surface area contributed by atoms with Gasteiger partial charge in [-0.15, -0.1) is 0 Å². The number of carbonyl (C=O) groups is 1. The van der Waals surface area contributed by atoms with Crippen molar-refractivity contribution in [1.82, 2.24) is 9.62 Å². The van der Waals surface area contributed by atoms with Gasteiger partial charge in [0, 0.05) is 18.3 Å². The van der Waals surface area contributed by atoms with Crippen LogP contribution in [0, 0.1) is 0 Å². The summed E-state index contributed by atoms with van der Waals surface area (Å²) in [6, 6.07) is 7.68. The summed E-state index contributed by atoms with van der Waals surface area (Å²) in [5.74, 6) is 0.469. The van der Waals surface area contributed by atoms with Crippen molar-refractivity contribution >= 4 is 21.6 Å². The Morgan fingerprint density at radius 3 is 2.66 bits per heavy atom. The van der Waals surface area contributed by atoms with E-state index in [9.17, 15) is 13.2 Å². The summed E-state index contributed by atoms with van der Waals surface area (Å²) in [5.41, 5.74) is 2.31. The van der Waals surface area contributed by atoms with Crippen molar-refractivity contribution < 1.29 is 17.9 Å². The van der Waals surface area contributed by atoms with Gasteiger partial charge in [-0.05, 0) is 56.1 Å². The summed E-state index contributed by atoms with van der Waals surface area (Å²) in [7, 11) is -3.36. The van der Waals surface area contributed by atoms with Gasteiger partial charge in [0.25, 0.3) is 0 Å². The summed E-state index contributed by atoms with van der Waals surface area (Å²) in [6.45, 7) is 1.21. The van der Waals surface area contributed by atoms with Crippen molar-refractivity contribution in [3.8, 4) is 0 Å². The minimum absolute atomic E-state index is 0.0139. The molecule has 1 saturated heterocycles. The number of benzene rings is 1. The van der Waals surface area contributed by atoms with E-state index in [-0.39, 0.29) is 30.6 Å². The van der Waals surface area contributed by atoms with Crippen molar-refractivity contribution in [2.75, 3.05) is 31.3 Å². The van der Waals surface area contributed by atoms with Crippen molar-refractivity contribution in [2.45, 2.75) is 62.6 Å². The predicted molar refractivity (Wildman–Crippen MR) is 112 cm³/mol. The van der Waals surface area contributed by atoms with Crippen LogP contribution in [0.5, 0.6) is 0 Å². The first kappa shape index (κ1) is 20.6. The average Bonchev–Trinajstić information content (AvgIpc) is 2.71. The van der Waals surface area contributed by atoms with Gasteiger partial charge in [0.05, 0.1) is 31.6 Å². The third-order valence-electron chi connectivity index (χ3n) is 6.47. The topological polar surface area (TPSA) is 87.7 Å². The van der Waals surface area contributed by atoms with E-state index < -0.39 is 10.0 Å². The molecular weight excluding hydrogens is 390 g/mol. The number of fused-ring (bicyclic) bond motifs is 5. The highest BCUT2D eigenvalue weighted by Crippen LogP contribution is 2.38. The molecule has 5 rings (SSSR count). The van der Waals surface area contributed by atoms with Crippen LogP contribution < -0.4 is 10.0 Å². The van der Waals surface area contributed by atoms with E-state index in [4.69, 9.17) is 4.74 Å². The van der Waals surface area contributed by atoms with Crippen LogP contribution in [0.4, 0.5) is 5.69 Å². The van der Waals surface area contributed by atoms with E-state index in [0.717, 1.165) is 37.8 Å². The number of rotatable bonds is 2. The van der Waals surface area contributed by atoms with Gasteiger partial charge in [-0.3, -0.25) is 4.79 Å². The Morgan fingerprint density at radius 1 is 1.14 bits per heavy atom. The van der Waals surface area contributed by atoms with Gasteiger partial charge in [-0.1, -0.05) is 18.2 Å². The Kier molecular flexibility index (Phi) is 6.13. The van der Waals surface area contributed by atoms with Crippen LogP contribution in [-0.4, -0.2) is 63.4 Å². The number of amides is 1. The molecule has 8 heteroatoms. The fraction of sp³-hybridized carbons (Fsp3) is 0.667. The molecule has 2 bridgehead atoms. The van der Waals surface area contributed by atoms with Crippen molar-refractivity contribution in [3.63, 3.8) is 0 Å². The van der Waals surface area contributed by atoms with Crippen LogP contribution in [0.25, 0.3) is 0 Å². The van der Waals surface area contributed by atoms with Gasteiger partial charge < -0.3 is 15.0 Å². The molecule has 0 spiro atoms. The molecular formula is C21H31N3O4S. The van der Waals surface area contributed by atoms with Crippen LogP contribution in [0.3, 0.4) is 0 Å². The number of sulfonamides is 1. The van der Waals surface area contributed by atoms with Crippen LogP contribution in [0.2, 0.25) is 0 Å². The third kappa shape index (κ3) is 4.92. The van der Waals surface area contributed by atoms with Gasteiger partial charge in [-0.25, -0.2) is 13.1 Å². The lowest BCUT2D eigenvalue weighted by atomic mass is 9.82. The fourth-order valence-electron chi connectivity index (χ4n) is 5.05. The van der Waals surface area contributed by atoms with Gasteiger partial charge in [0.15, 0.2) is 0 Å². The lowest BCUT2D eigenvalue weighted by Gasteiger charge is -2.42. The molecule has 1 amide bonds. The Balaban J connectivity index is 1.61. The molecule has 1 aromatic carbocycles. The first-order chi connectivity index (χ1) is 13.9. The van der Waals surface area contributed by atoms with Crippen molar-refractivity contribution in [1.29, 1.82) is 0 Å². The zero-order chi connectivity index (χ0) is 20.4. The molecule has 1 aliphatic carbocycles. The summed E-state index contributed by atoms with van der Waals surface area (Å²) < 4.78 is 32.7. The lowest BCUT2D eigenvalue weighted by Crippen LogP contribution is -2.59. The van der Waals surface area contributed by atoms with Gasteiger partial charge in [0.1, 0.15) is 0 Å². The Bertz CT molecular complexity index is 836. The molecule has 3 heterocycles. The highest BCUT2D eigenvalue weighted by molar-refractivity contribution is 7.88. The number of para-hydroxylation sites is 1. The minimum atomic E-state index is -3.36. The standard InChI is InChI=1S/C21H31N3O4S/c1-29(26,27)23-19-7-4-12-24-20(19)14-28-16-10-8-15(9-11-16)17-5-2-3-6-18(17)22-13-21(24)25/h2-3,5-6,15-16,19-20,22-23H,4,7-14H2,1H3/t15?,16?,19-,20?/m0/s1. The lowest BCUT2D eigenvalue weighted by molar-refractivity contribution is -0.136. The quantitative estimate of drug-likeness (QED) is 0.763. The molecule has 2 atom stereocenters. The van der Waals surface area contributed by atoms with Crippen molar-refractivity contribution in [2.24, 2.45) is 0 Å². The second kappa shape index (κ2) is 8.62. The summed E-state index contributed by atoms with van der Waals surface area (Å²) in [4.78, 5) is 14.9. The molecule has 2 N–H and O–H groups in total. The Hall–Kier alpha value is -1.64. The van der Waals surface area contributed by atoms with Crippen LogP contribution in [0.15, 0.2) is 24.3 Å². The number of carbonyl (C=O) groups excluding carboxylic acids is 1. The first-order valence-corrected chi connectivity index (χ1v) is 12.5. The fourth-order valence-corrected chi connectivity index (χ4v) is 5.87. The summed E-state index contributed by atoms with van der Waals surface area (Å²) in [6.07, 6.45) is 6.95. The normalized spacial score (nSPS) is 30.9. The van der Waals surface area contributed by atoms with Crippen LogP contribution in [-0.2, 0) is 19.6 Å². The first-order valence-electron chi connectivity index (χ1n) is 10.6. The number of ether oxygens (including phenoxy) is 1. The number of nitrogens with zero attached hydrogens (tertiary/aromatic N) is 1. The molecule has 7 nitrogen and oxygen atoms in total. The summed E-state index contributed by atoms with van der Waals surface area (Å²) in [5, 5.41) is 3.36. The van der Waals surface area contributed by atoms with E-state index >= 15 is 0 Å². The van der Waals surface area contributed by atoms with E-state index in [2.05, 4.69) is 22.2 Å².